The van der Waals surface area contributed by atoms with Gasteiger partial charge in [-0.3, -0.25) is 9.21 Å². The van der Waals surface area contributed by atoms with Gasteiger partial charge in [-0.05, 0) is 63.3 Å². The van der Waals surface area contributed by atoms with Crippen LogP contribution >= 0.6 is 0 Å². The minimum absolute atomic E-state index is 0.0857. The first-order valence-electron chi connectivity index (χ1n) is 9.01. The highest BCUT2D eigenvalue weighted by Gasteiger charge is 2.27. The second-order valence-corrected chi connectivity index (χ2v) is 10.7. The van der Waals surface area contributed by atoms with Crippen LogP contribution in [0.25, 0.3) is 0 Å². The Labute approximate surface area is 166 Å². The Morgan fingerprint density at radius 3 is 2.46 bits per heavy atom. The van der Waals surface area contributed by atoms with Crippen molar-refractivity contribution >= 4 is 25.7 Å². The third-order valence-corrected chi connectivity index (χ3v) is 8.05. The monoisotopic (exact) mass is 427 g/mol. The van der Waals surface area contributed by atoms with Gasteiger partial charge in [0.25, 0.3) is 0 Å². The molecular weight excluding hydrogens is 402 g/mol. The Morgan fingerprint density at radius 2 is 1.89 bits per heavy atom. The van der Waals surface area contributed by atoms with E-state index in [1.165, 1.54) is 28.6 Å². The van der Waals surface area contributed by atoms with Crippen LogP contribution in [-0.2, 0) is 20.0 Å². The number of benzene rings is 1. The highest BCUT2D eigenvalue weighted by atomic mass is 32.2. The number of sulfonamides is 2. The van der Waals surface area contributed by atoms with E-state index in [1.807, 2.05) is 19.0 Å². The van der Waals surface area contributed by atoms with Crippen LogP contribution in [0.3, 0.4) is 0 Å². The van der Waals surface area contributed by atoms with Gasteiger partial charge in [-0.2, -0.15) is 0 Å². The minimum Gasteiger partial charge on any atom is -0.468 e. The molecule has 28 heavy (non-hydrogen) atoms. The van der Waals surface area contributed by atoms with Crippen LogP contribution < -0.4 is 9.03 Å². The molecule has 1 saturated heterocycles. The number of furan rings is 1. The van der Waals surface area contributed by atoms with Gasteiger partial charge >= 0.3 is 0 Å². The van der Waals surface area contributed by atoms with Gasteiger partial charge in [0.2, 0.25) is 20.0 Å². The molecule has 1 aromatic heterocycles. The Hall–Kier alpha value is -1.88. The average Bonchev–Trinajstić information content (AvgIpc) is 3.15. The Bertz CT molecular complexity index is 984. The Balaban J connectivity index is 1.73. The molecule has 0 saturated carbocycles. The first-order valence-corrected chi connectivity index (χ1v) is 12.1. The van der Waals surface area contributed by atoms with Crippen molar-refractivity contribution in [1.29, 1.82) is 0 Å². The lowest BCUT2D eigenvalue weighted by atomic mass is 10.2. The van der Waals surface area contributed by atoms with E-state index in [4.69, 9.17) is 4.42 Å². The van der Waals surface area contributed by atoms with E-state index in [-0.39, 0.29) is 23.2 Å². The molecule has 0 aliphatic carbocycles. The molecule has 3 rings (SSSR count). The highest BCUT2D eigenvalue weighted by Crippen LogP contribution is 2.25. The van der Waals surface area contributed by atoms with E-state index in [1.54, 1.807) is 18.4 Å². The van der Waals surface area contributed by atoms with Gasteiger partial charge in [-0.25, -0.2) is 21.6 Å². The van der Waals surface area contributed by atoms with Gasteiger partial charge < -0.3 is 4.42 Å². The van der Waals surface area contributed by atoms with Crippen LogP contribution in [0.4, 0.5) is 5.69 Å². The maximum absolute atomic E-state index is 12.7. The maximum atomic E-state index is 12.7. The van der Waals surface area contributed by atoms with Gasteiger partial charge in [0, 0.05) is 13.1 Å². The summed E-state index contributed by atoms with van der Waals surface area (Å²) in [6, 6.07) is 9.24. The first kappa shape index (κ1) is 20.8. The van der Waals surface area contributed by atoms with E-state index in [9.17, 15) is 16.8 Å². The van der Waals surface area contributed by atoms with Crippen LogP contribution in [0.1, 0.15) is 24.6 Å². The van der Waals surface area contributed by atoms with Gasteiger partial charge in [0.15, 0.2) is 0 Å². The number of hydrogen-bond acceptors (Lipinski definition) is 6. The number of rotatable bonds is 7. The number of hydrogen-bond donors (Lipinski definition) is 1. The van der Waals surface area contributed by atoms with Crippen LogP contribution in [0.5, 0.6) is 0 Å². The average molecular weight is 428 g/mol. The minimum atomic E-state index is -3.74. The lowest BCUT2D eigenvalue weighted by molar-refractivity contribution is 0.259. The molecule has 0 spiro atoms. The lowest BCUT2D eigenvalue weighted by Gasteiger charge is -2.28. The summed E-state index contributed by atoms with van der Waals surface area (Å²) >= 11 is 0. The number of nitrogens with one attached hydrogen (secondary N) is 1. The molecule has 0 radical (unpaired) electrons. The fourth-order valence-electron chi connectivity index (χ4n) is 3.16. The van der Waals surface area contributed by atoms with Crippen LogP contribution in [-0.4, -0.2) is 54.7 Å². The van der Waals surface area contributed by atoms with Crippen molar-refractivity contribution in [1.82, 2.24) is 9.62 Å². The topological polar surface area (TPSA) is 99.9 Å². The molecule has 10 heteroatoms. The zero-order valence-electron chi connectivity index (χ0n) is 15.9. The van der Waals surface area contributed by atoms with E-state index in [0.717, 1.165) is 6.42 Å². The quantitative estimate of drug-likeness (QED) is 0.723. The Morgan fingerprint density at radius 1 is 1.18 bits per heavy atom. The summed E-state index contributed by atoms with van der Waals surface area (Å²) in [4.78, 5) is 1.95. The van der Waals surface area contributed by atoms with Crippen molar-refractivity contribution in [2.75, 3.05) is 37.2 Å². The summed E-state index contributed by atoms with van der Waals surface area (Å²) in [6.45, 7) is 0.561. The molecule has 8 nitrogen and oxygen atoms in total. The summed E-state index contributed by atoms with van der Waals surface area (Å²) in [5.74, 6) is 0.784. The maximum Gasteiger partial charge on any atom is 0.240 e. The molecule has 1 aromatic carbocycles. The van der Waals surface area contributed by atoms with Crippen LogP contribution in [0.2, 0.25) is 0 Å². The summed E-state index contributed by atoms with van der Waals surface area (Å²) in [6.07, 6.45) is 2.99. The normalized spacial score (nSPS) is 18.3. The smallest absolute Gasteiger partial charge is 0.240 e. The van der Waals surface area contributed by atoms with Gasteiger partial charge in [0.1, 0.15) is 5.76 Å². The standard InChI is InChI=1S/C18H25N3O5S2/c1-20(2)17(18-6-5-12-26-18)14-19-28(24,25)16-9-7-15(8-10-16)21-11-3-4-13-27(21,22)23/h5-10,12,17,19H,3-4,11,13-14H2,1-2H3. The molecular formula is C18H25N3O5S2. The van der Waals surface area contributed by atoms with Crippen molar-refractivity contribution in [3.8, 4) is 0 Å². The summed E-state index contributed by atoms with van der Waals surface area (Å²) in [7, 11) is -3.39. The fourth-order valence-corrected chi connectivity index (χ4v) is 5.84. The lowest BCUT2D eigenvalue weighted by Crippen LogP contribution is -2.37. The van der Waals surface area contributed by atoms with Crippen molar-refractivity contribution in [3.05, 3.63) is 48.4 Å². The summed E-state index contributed by atoms with van der Waals surface area (Å²) < 4.78 is 59.0. The van der Waals surface area contributed by atoms with E-state index in [0.29, 0.717) is 24.4 Å². The molecule has 2 heterocycles. The van der Waals surface area contributed by atoms with Crippen molar-refractivity contribution in [2.24, 2.45) is 0 Å². The molecule has 1 aliphatic rings. The molecule has 154 valence electrons. The molecule has 1 fully saturated rings. The molecule has 1 N–H and O–H groups in total. The SMILES string of the molecule is CN(C)C(CNS(=O)(=O)c1ccc(N2CCCCS2(=O)=O)cc1)c1ccco1. The highest BCUT2D eigenvalue weighted by molar-refractivity contribution is 7.92. The van der Waals surface area contributed by atoms with E-state index in [2.05, 4.69) is 4.72 Å². The number of anilines is 1. The molecule has 0 bridgehead atoms. The molecule has 2 aromatic rings. The summed E-state index contributed by atoms with van der Waals surface area (Å²) in [5.41, 5.74) is 0.486. The zero-order valence-corrected chi connectivity index (χ0v) is 17.5. The Kier molecular flexibility index (Phi) is 6.13. The van der Waals surface area contributed by atoms with E-state index < -0.39 is 20.0 Å². The predicted molar refractivity (Wildman–Crippen MR) is 107 cm³/mol. The van der Waals surface area contributed by atoms with Gasteiger partial charge in [-0.15, -0.1) is 0 Å². The molecule has 1 aliphatic heterocycles. The second-order valence-electron chi connectivity index (χ2n) is 6.94. The third-order valence-electron chi connectivity index (χ3n) is 4.75. The van der Waals surface area contributed by atoms with Crippen molar-refractivity contribution in [2.45, 2.75) is 23.8 Å². The summed E-state index contributed by atoms with van der Waals surface area (Å²) in [5, 5.41) is 0. The van der Waals surface area contributed by atoms with Gasteiger partial charge in [-0.1, -0.05) is 0 Å². The first-order chi connectivity index (χ1) is 13.2. The second kappa shape index (κ2) is 8.24. The number of nitrogens with zero attached hydrogens (tertiary/aromatic N) is 2. The largest absolute Gasteiger partial charge is 0.468 e. The molecule has 1 atom stereocenters. The fraction of sp³-hybridized carbons (Fsp3) is 0.444. The number of likely N-dealkylation sites (N-methyl/N-ethyl adjacent to an activating group) is 1. The van der Waals surface area contributed by atoms with Crippen molar-refractivity contribution < 1.29 is 21.3 Å². The van der Waals surface area contributed by atoms with Gasteiger partial charge in [0.05, 0.1) is 28.6 Å². The van der Waals surface area contributed by atoms with E-state index >= 15 is 0 Å². The molecule has 0 amide bonds. The van der Waals surface area contributed by atoms with Crippen LogP contribution in [0, 0.1) is 0 Å². The third kappa shape index (κ3) is 4.57. The predicted octanol–water partition coefficient (Wildman–Crippen LogP) is 1.79. The zero-order chi connectivity index (χ0) is 20.4. The molecule has 1 unspecified atom stereocenters. The van der Waals surface area contributed by atoms with Crippen molar-refractivity contribution in [3.63, 3.8) is 0 Å². The van der Waals surface area contributed by atoms with Crippen LogP contribution in [0.15, 0.2) is 52.0 Å².